The van der Waals surface area contributed by atoms with Crippen LogP contribution in [0.3, 0.4) is 0 Å². The summed E-state index contributed by atoms with van der Waals surface area (Å²) >= 11 is 0. The van der Waals surface area contributed by atoms with Crippen molar-refractivity contribution in [3.8, 4) is 5.75 Å². The van der Waals surface area contributed by atoms with E-state index in [0.29, 0.717) is 5.69 Å². The summed E-state index contributed by atoms with van der Waals surface area (Å²) in [7, 11) is 0. The lowest BCUT2D eigenvalue weighted by Crippen LogP contribution is -2.24. The Kier molecular flexibility index (Phi) is 4.14. The topological polar surface area (TPSA) is 73.1 Å². The molecule has 1 aromatic heterocycles. The van der Waals surface area contributed by atoms with E-state index in [9.17, 15) is 0 Å². The zero-order valence-corrected chi connectivity index (χ0v) is 14.3. The van der Waals surface area contributed by atoms with Gasteiger partial charge in [-0.25, -0.2) is 9.97 Å². The first kappa shape index (κ1) is 15.7. The van der Waals surface area contributed by atoms with Crippen molar-refractivity contribution >= 4 is 22.4 Å². The van der Waals surface area contributed by atoms with Crippen LogP contribution in [0.5, 0.6) is 5.75 Å². The van der Waals surface area contributed by atoms with Crippen molar-refractivity contribution in [1.82, 2.24) is 9.97 Å². The summed E-state index contributed by atoms with van der Waals surface area (Å²) < 4.78 is 5.97. The fourth-order valence-corrected chi connectivity index (χ4v) is 3.02. The summed E-state index contributed by atoms with van der Waals surface area (Å²) in [6.45, 7) is 2.11. The molecule has 3 N–H and O–H groups in total. The van der Waals surface area contributed by atoms with Crippen molar-refractivity contribution in [1.29, 1.82) is 0 Å². The Morgan fingerprint density at radius 2 is 1.96 bits per heavy atom. The second-order valence-electron chi connectivity index (χ2n) is 6.58. The average Bonchev–Trinajstić information content (AvgIpc) is 2.59. The predicted octanol–water partition coefficient (Wildman–Crippen LogP) is 4.32. The Labute approximate surface area is 147 Å². The van der Waals surface area contributed by atoms with Crippen molar-refractivity contribution in [2.45, 2.75) is 38.3 Å². The number of nitrogens with zero attached hydrogens (tertiary/aromatic N) is 2. The van der Waals surface area contributed by atoms with Gasteiger partial charge in [-0.1, -0.05) is 30.3 Å². The molecule has 5 nitrogen and oxygen atoms in total. The summed E-state index contributed by atoms with van der Waals surface area (Å²) in [5, 5.41) is 4.37. The zero-order chi connectivity index (χ0) is 17.2. The number of fused-ring (bicyclic) bond motifs is 1. The number of hydrogen-bond donors (Lipinski definition) is 2. The summed E-state index contributed by atoms with van der Waals surface area (Å²) in [6.07, 6.45) is 5.29. The predicted molar refractivity (Wildman–Crippen MR) is 101 cm³/mol. The van der Waals surface area contributed by atoms with Gasteiger partial charge in [0.25, 0.3) is 0 Å². The van der Waals surface area contributed by atoms with Crippen LogP contribution in [0.4, 0.5) is 11.5 Å². The average molecular weight is 334 g/mol. The van der Waals surface area contributed by atoms with Crippen molar-refractivity contribution in [2.24, 2.45) is 0 Å². The molecule has 1 aliphatic carbocycles. The Hall–Kier alpha value is -2.82. The molecule has 0 amide bonds. The lowest BCUT2D eigenvalue weighted by molar-refractivity contribution is 0.121. The Balaban J connectivity index is 1.64. The first-order valence-electron chi connectivity index (χ1n) is 8.73. The first-order valence-corrected chi connectivity index (χ1v) is 8.73. The van der Waals surface area contributed by atoms with Gasteiger partial charge in [0.05, 0.1) is 17.3 Å². The molecule has 4 rings (SSSR count). The number of benzene rings is 2. The van der Waals surface area contributed by atoms with Gasteiger partial charge in [-0.05, 0) is 37.8 Å². The molecule has 1 atom stereocenters. The van der Waals surface area contributed by atoms with Crippen LogP contribution in [0.2, 0.25) is 0 Å². The SMILES string of the molecule is C[C@@H](Nc1ncnc2cc(OC3CCC3)c(N)cc12)c1ccccc1. The molecule has 0 radical (unpaired) electrons. The van der Waals surface area contributed by atoms with Crippen LogP contribution in [0.1, 0.15) is 37.8 Å². The molecule has 2 aromatic carbocycles. The standard InChI is InChI=1S/C20H22N4O/c1-13(14-6-3-2-4-7-14)24-20-16-10-17(21)19(25-15-8-5-9-15)11-18(16)22-12-23-20/h2-4,6-7,10-13,15H,5,8-9,21H2,1H3,(H,22,23,24)/t13-/m1/s1. The molecule has 0 saturated heterocycles. The van der Waals surface area contributed by atoms with Gasteiger partial charge in [0.15, 0.2) is 0 Å². The normalized spacial score (nSPS) is 15.6. The van der Waals surface area contributed by atoms with Gasteiger partial charge in [-0.3, -0.25) is 0 Å². The van der Waals surface area contributed by atoms with E-state index >= 15 is 0 Å². The number of ether oxygens (including phenoxy) is 1. The second-order valence-corrected chi connectivity index (χ2v) is 6.58. The fraction of sp³-hybridized carbons (Fsp3) is 0.300. The minimum absolute atomic E-state index is 0.131. The van der Waals surface area contributed by atoms with E-state index in [-0.39, 0.29) is 12.1 Å². The number of aromatic nitrogens is 2. The van der Waals surface area contributed by atoms with Gasteiger partial charge in [-0.2, -0.15) is 0 Å². The van der Waals surface area contributed by atoms with E-state index in [1.54, 1.807) is 6.33 Å². The Morgan fingerprint density at radius 3 is 2.68 bits per heavy atom. The maximum atomic E-state index is 6.22. The van der Waals surface area contributed by atoms with Crippen LogP contribution in [0.15, 0.2) is 48.8 Å². The maximum absolute atomic E-state index is 6.22. The Bertz CT molecular complexity index is 878. The minimum Gasteiger partial charge on any atom is -0.488 e. The third-order valence-corrected chi connectivity index (χ3v) is 4.77. The van der Waals surface area contributed by atoms with E-state index in [2.05, 4.69) is 34.3 Å². The largest absolute Gasteiger partial charge is 0.488 e. The molecule has 1 fully saturated rings. The van der Waals surface area contributed by atoms with Crippen molar-refractivity contribution in [3.05, 3.63) is 54.4 Å². The van der Waals surface area contributed by atoms with Gasteiger partial charge in [0.2, 0.25) is 0 Å². The highest BCUT2D eigenvalue weighted by molar-refractivity contribution is 5.93. The van der Waals surface area contributed by atoms with E-state index < -0.39 is 0 Å². The molecule has 1 saturated carbocycles. The number of rotatable bonds is 5. The summed E-state index contributed by atoms with van der Waals surface area (Å²) in [4.78, 5) is 8.80. The van der Waals surface area contributed by atoms with E-state index in [1.807, 2.05) is 30.3 Å². The molecule has 128 valence electrons. The van der Waals surface area contributed by atoms with Crippen LogP contribution >= 0.6 is 0 Å². The first-order chi connectivity index (χ1) is 12.2. The number of nitrogens with one attached hydrogen (secondary N) is 1. The molecular weight excluding hydrogens is 312 g/mol. The van der Waals surface area contributed by atoms with Crippen LogP contribution in [0, 0.1) is 0 Å². The second kappa shape index (κ2) is 6.59. The van der Waals surface area contributed by atoms with Crippen LogP contribution in [0.25, 0.3) is 10.9 Å². The summed E-state index contributed by atoms with van der Waals surface area (Å²) in [6, 6.07) is 14.2. The van der Waals surface area contributed by atoms with E-state index in [1.165, 1.54) is 12.0 Å². The molecule has 3 aromatic rings. The maximum Gasteiger partial charge on any atom is 0.144 e. The number of nitrogen functional groups attached to an aromatic ring is 1. The third-order valence-electron chi connectivity index (χ3n) is 4.77. The van der Waals surface area contributed by atoms with E-state index in [0.717, 1.165) is 35.3 Å². The van der Waals surface area contributed by atoms with Crippen molar-refractivity contribution < 1.29 is 4.74 Å². The lowest BCUT2D eigenvalue weighted by Gasteiger charge is -2.27. The van der Waals surface area contributed by atoms with Gasteiger partial charge >= 0.3 is 0 Å². The molecule has 0 bridgehead atoms. The quantitative estimate of drug-likeness (QED) is 0.680. The molecular formula is C20H22N4O. The van der Waals surface area contributed by atoms with Crippen LogP contribution in [-0.4, -0.2) is 16.1 Å². The molecule has 1 heterocycles. The highest BCUT2D eigenvalue weighted by Gasteiger charge is 2.21. The molecule has 0 unspecified atom stereocenters. The number of nitrogens with two attached hydrogens (primary N) is 1. The highest BCUT2D eigenvalue weighted by atomic mass is 16.5. The number of anilines is 2. The molecule has 1 aliphatic rings. The smallest absolute Gasteiger partial charge is 0.144 e. The third kappa shape index (κ3) is 3.22. The molecule has 0 spiro atoms. The van der Waals surface area contributed by atoms with Gasteiger partial charge in [-0.15, -0.1) is 0 Å². The van der Waals surface area contributed by atoms with E-state index in [4.69, 9.17) is 10.5 Å². The fourth-order valence-electron chi connectivity index (χ4n) is 3.02. The molecule has 0 aliphatic heterocycles. The summed E-state index contributed by atoms with van der Waals surface area (Å²) in [5.74, 6) is 1.50. The van der Waals surface area contributed by atoms with Gasteiger partial charge in [0, 0.05) is 17.5 Å². The highest BCUT2D eigenvalue weighted by Crippen LogP contribution is 2.34. The zero-order valence-electron chi connectivity index (χ0n) is 14.3. The summed E-state index contributed by atoms with van der Waals surface area (Å²) in [5.41, 5.74) is 8.88. The monoisotopic (exact) mass is 334 g/mol. The molecule has 25 heavy (non-hydrogen) atoms. The molecule has 5 heteroatoms. The van der Waals surface area contributed by atoms with Gasteiger partial charge in [0.1, 0.15) is 17.9 Å². The van der Waals surface area contributed by atoms with Crippen molar-refractivity contribution in [2.75, 3.05) is 11.1 Å². The lowest BCUT2D eigenvalue weighted by atomic mass is 9.96. The number of hydrogen-bond acceptors (Lipinski definition) is 5. The van der Waals surface area contributed by atoms with Gasteiger partial charge < -0.3 is 15.8 Å². The van der Waals surface area contributed by atoms with Crippen LogP contribution in [-0.2, 0) is 0 Å². The Morgan fingerprint density at radius 1 is 1.16 bits per heavy atom. The van der Waals surface area contributed by atoms with Crippen molar-refractivity contribution in [3.63, 3.8) is 0 Å². The van der Waals surface area contributed by atoms with Crippen LogP contribution < -0.4 is 15.8 Å². The minimum atomic E-state index is 0.131.